The quantitative estimate of drug-likeness (QED) is 0.316. The Hall–Kier alpha value is -4.86. The van der Waals surface area contributed by atoms with E-state index >= 15 is 0 Å². The molecule has 0 saturated heterocycles. The highest BCUT2D eigenvalue weighted by molar-refractivity contribution is 6.09. The summed E-state index contributed by atoms with van der Waals surface area (Å²) in [6, 6.07) is 16.0. The minimum Gasteiger partial charge on any atom is -0.493 e. The first-order chi connectivity index (χ1) is 18.3. The maximum Gasteiger partial charge on any atom is 0.261 e. The van der Waals surface area contributed by atoms with E-state index in [0.29, 0.717) is 34.3 Å². The lowest BCUT2D eigenvalue weighted by Crippen LogP contribution is -2.23. The Kier molecular flexibility index (Phi) is 7.61. The van der Waals surface area contributed by atoms with Crippen molar-refractivity contribution in [3.8, 4) is 28.5 Å². The van der Waals surface area contributed by atoms with Crippen molar-refractivity contribution >= 4 is 28.9 Å². The third-order valence-electron chi connectivity index (χ3n) is 5.80. The van der Waals surface area contributed by atoms with Crippen LogP contribution in [0.2, 0.25) is 0 Å². The first-order valence-corrected chi connectivity index (χ1v) is 11.5. The normalized spacial score (nSPS) is 10.6. The first kappa shape index (κ1) is 26.2. The molecule has 0 spiro atoms. The Balaban J connectivity index is 1.70. The fourth-order valence-electron chi connectivity index (χ4n) is 4.10. The fraction of sp³-hybridized carbons (Fsp3) is 0.179. The summed E-state index contributed by atoms with van der Waals surface area (Å²) in [6.07, 6.45) is 0. The van der Waals surface area contributed by atoms with Crippen molar-refractivity contribution in [3.05, 3.63) is 77.8 Å². The van der Waals surface area contributed by atoms with Crippen LogP contribution in [0, 0.1) is 12.7 Å². The van der Waals surface area contributed by atoms with Gasteiger partial charge in [-0.1, -0.05) is 23.4 Å². The van der Waals surface area contributed by atoms with Crippen LogP contribution >= 0.6 is 0 Å². The Labute approximate surface area is 218 Å². The van der Waals surface area contributed by atoms with Gasteiger partial charge in [-0.3, -0.25) is 14.5 Å². The lowest BCUT2D eigenvalue weighted by atomic mass is 10.0. The molecular weight excluding hydrogens is 493 g/mol. The van der Waals surface area contributed by atoms with Gasteiger partial charge in [0.2, 0.25) is 11.7 Å². The molecular formula is C28H26FN3O6. The van der Waals surface area contributed by atoms with Crippen molar-refractivity contribution < 1.29 is 32.7 Å². The van der Waals surface area contributed by atoms with Crippen LogP contribution in [-0.4, -0.2) is 38.3 Å². The van der Waals surface area contributed by atoms with Gasteiger partial charge in [-0.05, 0) is 37.3 Å². The molecule has 3 aromatic carbocycles. The van der Waals surface area contributed by atoms with Gasteiger partial charge < -0.3 is 24.1 Å². The molecule has 196 valence electrons. The highest BCUT2D eigenvalue weighted by Crippen LogP contribution is 2.43. The second-order valence-electron chi connectivity index (χ2n) is 8.18. The van der Waals surface area contributed by atoms with Gasteiger partial charge in [0.1, 0.15) is 22.8 Å². The topological polar surface area (TPSA) is 103 Å². The van der Waals surface area contributed by atoms with E-state index in [2.05, 4.69) is 10.5 Å². The molecule has 1 heterocycles. The van der Waals surface area contributed by atoms with E-state index in [0.717, 1.165) is 0 Å². The smallest absolute Gasteiger partial charge is 0.261 e. The Morgan fingerprint density at radius 2 is 1.61 bits per heavy atom. The summed E-state index contributed by atoms with van der Waals surface area (Å²) in [5.41, 5.74) is 1.68. The number of rotatable bonds is 8. The van der Waals surface area contributed by atoms with Gasteiger partial charge >= 0.3 is 0 Å². The number of benzene rings is 3. The molecule has 0 atom stereocenters. The second kappa shape index (κ2) is 11.0. The number of carbonyl (C=O) groups excluding carboxylic acids is 2. The van der Waals surface area contributed by atoms with Crippen molar-refractivity contribution in [1.82, 2.24) is 5.16 Å². The van der Waals surface area contributed by atoms with Crippen LogP contribution in [0.5, 0.6) is 17.2 Å². The van der Waals surface area contributed by atoms with E-state index in [-0.39, 0.29) is 28.5 Å². The molecule has 10 heteroatoms. The number of ether oxygens (including phenoxy) is 3. The molecule has 0 bridgehead atoms. The molecule has 0 aliphatic carbocycles. The van der Waals surface area contributed by atoms with E-state index < -0.39 is 11.7 Å². The van der Waals surface area contributed by atoms with E-state index in [4.69, 9.17) is 18.7 Å². The monoisotopic (exact) mass is 519 g/mol. The third kappa shape index (κ3) is 5.01. The first-order valence-electron chi connectivity index (χ1n) is 11.5. The Morgan fingerprint density at radius 3 is 2.21 bits per heavy atom. The lowest BCUT2D eigenvalue weighted by molar-refractivity contribution is -0.115. The number of carbonyl (C=O) groups is 2. The number of amides is 2. The molecule has 9 nitrogen and oxygen atoms in total. The van der Waals surface area contributed by atoms with Crippen molar-refractivity contribution in [2.45, 2.75) is 13.8 Å². The zero-order valence-electron chi connectivity index (χ0n) is 21.5. The highest BCUT2D eigenvalue weighted by Gasteiger charge is 2.25. The average Bonchev–Trinajstić information content (AvgIpc) is 3.29. The molecule has 1 aromatic heterocycles. The Bertz CT molecular complexity index is 1470. The Morgan fingerprint density at radius 1 is 0.921 bits per heavy atom. The number of methoxy groups -OCH3 is 3. The average molecular weight is 520 g/mol. The summed E-state index contributed by atoms with van der Waals surface area (Å²) in [5, 5.41) is 6.70. The molecule has 2 amide bonds. The number of hydrogen-bond acceptors (Lipinski definition) is 7. The summed E-state index contributed by atoms with van der Waals surface area (Å²) in [6.45, 7) is 2.99. The molecule has 0 saturated carbocycles. The molecule has 0 aliphatic rings. The van der Waals surface area contributed by atoms with Gasteiger partial charge in [0, 0.05) is 30.3 Å². The number of anilines is 3. The number of hydrogen-bond donors (Lipinski definition) is 1. The predicted octanol–water partition coefficient (Wildman–Crippen LogP) is 5.75. The van der Waals surface area contributed by atoms with Crippen LogP contribution in [0.1, 0.15) is 23.0 Å². The van der Waals surface area contributed by atoms with E-state index in [9.17, 15) is 14.0 Å². The van der Waals surface area contributed by atoms with E-state index in [1.807, 2.05) is 0 Å². The van der Waals surface area contributed by atoms with Crippen LogP contribution in [0.4, 0.5) is 21.5 Å². The summed E-state index contributed by atoms with van der Waals surface area (Å²) < 4.78 is 35.9. The molecule has 4 aromatic rings. The van der Waals surface area contributed by atoms with Gasteiger partial charge in [-0.15, -0.1) is 0 Å². The van der Waals surface area contributed by atoms with Gasteiger partial charge in [-0.2, -0.15) is 0 Å². The molecule has 4 rings (SSSR count). The van der Waals surface area contributed by atoms with Gasteiger partial charge in [-0.25, -0.2) is 4.39 Å². The van der Waals surface area contributed by atoms with E-state index in [1.54, 1.807) is 55.5 Å². The number of aryl methyl sites for hydroxylation is 1. The van der Waals surface area contributed by atoms with Crippen molar-refractivity contribution in [2.24, 2.45) is 0 Å². The molecule has 1 N–H and O–H groups in total. The standard InChI is InChI=1S/C28H26FN3O6/c1-16-25(26(31-38-16)21-11-6-7-12-22(21)29)28(34)30-18-9-8-10-19(13-18)32(17(2)33)20-14-23(35-3)27(37-5)24(15-20)36-4/h6-15H,1-5H3,(H,30,34). The van der Waals surface area contributed by atoms with Crippen molar-refractivity contribution in [3.63, 3.8) is 0 Å². The van der Waals surface area contributed by atoms with Gasteiger partial charge in [0.25, 0.3) is 5.91 Å². The minimum atomic E-state index is -0.540. The number of halogens is 1. The third-order valence-corrected chi connectivity index (χ3v) is 5.80. The van der Waals surface area contributed by atoms with Gasteiger partial charge in [0.15, 0.2) is 11.5 Å². The maximum absolute atomic E-state index is 14.4. The zero-order chi connectivity index (χ0) is 27.4. The summed E-state index contributed by atoms with van der Waals surface area (Å²) in [5.74, 6) is 0.0140. The van der Waals surface area contributed by atoms with Crippen molar-refractivity contribution in [2.75, 3.05) is 31.5 Å². The zero-order valence-corrected chi connectivity index (χ0v) is 21.5. The molecule has 0 radical (unpaired) electrons. The summed E-state index contributed by atoms with van der Waals surface area (Å²) >= 11 is 0. The lowest BCUT2D eigenvalue weighted by Gasteiger charge is -2.24. The van der Waals surface area contributed by atoms with Crippen LogP contribution in [0.3, 0.4) is 0 Å². The molecule has 0 fully saturated rings. The summed E-state index contributed by atoms with van der Waals surface area (Å²) in [7, 11) is 4.46. The van der Waals surface area contributed by atoms with Crippen LogP contribution in [0.25, 0.3) is 11.3 Å². The summed E-state index contributed by atoms with van der Waals surface area (Å²) in [4.78, 5) is 27.5. The second-order valence-corrected chi connectivity index (χ2v) is 8.18. The largest absolute Gasteiger partial charge is 0.493 e. The number of nitrogens with zero attached hydrogens (tertiary/aromatic N) is 2. The van der Waals surface area contributed by atoms with Crippen LogP contribution in [0.15, 0.2) is 65.2 Å². The highest BCUT2D eigenvalue weighted by atomic mass is 19.1. The maximum atomic E-state index is 14.4. The molecule has 38 heavy (non-hydrogen) atoms. The number of nitrogens with one attached hydrogen (secondary N) is 1. The predicted molar refractivity (Wildman–Crippen MR) is 140 cm³/mol. The minimum absolute atomic E-state index is 0.0945. The van der Waals surface area contributed by atoms with Crippen molar-refractivity contribution in [1.29, 1.82) is 0 Å². The SMILES string of the molecule is COc1cc(N(C(C)=O)c2cccc(NC(=O)c3c(-c4ccccc4F)noc3C)c2)cc(OC)c1OC. The molecule has 0 unspecified atom stereocenters. The van der Waals surface area contributed by atoms with E-state index in [1.165, 1.54) is 45.3 Å². The van der Waals surface area contributed by atoms with Crippen LogP contribution < -0.4 is 24.4 Å². The van der Waals surface area contributed by atoms with Crippen LogP contribution in [-0.2, 0) is 4.79 Å². The molecule has 0 aliphatic heterocycles. The number of aromatic nitrogens is 1. The fourth-order valence-corrected chi connectivity index (χ4v) is 4.10. The van der Waals surface area contributed by atoms with Gasteiger partial charge in [0.05, 0.1) is 32.7 Å².